The summed E-state index contributed by atoms with van der Waals surface area (Å²) in [4.78, 5) is 25.0. The summed E-state index contributed by atoms with van der Waals surface area (Å²) in [7, 11) is 1.74. The SMILES string of the molecule is CN(C[C@H]1OCCc2ccccc21)C(=O)[C@H]1CNC(=O)N1. The Labute approximate surface area is 123 Å². The van der Waals surface area contributed by atoms with E-state index in [9.17, 15) is 9.59 Å². The molecule has 1 aromatic rings. The lowest BCUT2D eigenvalue weighted by Gasteiger charge is -2.30. The molecule has 0 bridgehead atoms. The Morgan fingerprint density at radius 3 is 3.00 bits per heavy atom. The molecule has 0 saturated carbocycles. The molecule has 0 aromatic heterocycles. The van der Waals surface area contributed by atoms with Gasteiger partial charge in [0, 0.05) is 13.6 Å². The van der Waals surface area contributed by atoms with Crippen LogP contribution in [0.15, 0.2) is 24.3 Å². The average Bonchev–Trinajstić information content (AvgIpc) is 2.93. The molecular formula is C15H19N3O3. The minimum absolute atomic E-state index is 0.0972. The smallest absolute Gasteiger partial charge is 0.315 e. The van der Waals surface area contributed by atoms with Crippen LogP contribution in [0.25, 0.3) is 0 Å². The number of ether oxygens (including phenoxy) is 1. The van der Waals surface area contributed by atoms with E-state index in [1.807, 2.05) is 12.1 Å². The summed E-state index contributed by atoms with van der Waals surface area (Å²) < 4.78 is 5.81. The second kappa shape index (κ2) is 5.73. The van der Waals surface area contributed by atoms with Crippen LogP contribution in [0.4, 0.5) is 4.79 Å². The topological polar surface area (TPSA) is 70.7 Å². The van der Waals surface area contributed by atoms with E-state index in [1.165, 1.54) is 5.56 Å². The Kier molecular flexibility index (Phi) is 3.79. The molecule has 2 aliphatic rings. The molecule has 0 radical (unpaired) electrons. The van der Waals surface area contributed by atoms with Crippen LogP contribution in [-0.4, -0.2) is 49.6 Å². The number of likely N-dealkylation sites (N-methyl/N-ethyl adjacent to an activating group) is 1. The zero-order valence-corrected chi connectivity index (χ0v) is 12.0. The Bertz CT molecular complexity index is 561. The van der Waals surface area contributed by atoms with Gasteiger partial charge in [0.15, 0.2) is 0 Å². The number of carbonyl (C=O) groups is 2. The molecule has 2 N–H and O–H groups in total. The van der Waals surface area contributed by atoms with Crippen molar-refractivity contribution in [1.29, 1.82) is 0 Å². The van der Waals surface area contributed by atoms with E-state index in [0.717, 1.165) is 12.0 Å². The lowest BCUT2D eigenvalue weighted by Crippen LogP contribution is -2.45. The van der Waals surface area contributed by atoms with Crippen LogP contribution in [0.5, 0.6) is 0 Å². The summed E-state index contributed by atoms with van der Waals surface area (Å²) >= 11 is 0. The Morgan fingerprint density at radius 1 is 1.43 bits per heavy atom. The summed E-state index contributed by atoms with van der Waals surface area (Å²) in [5.41, 5.74) is 2.43. The number of rotatable bonds is 3. The van der Waals surface area contributed by atoms with Crippen molar-refractivity contribution in [2.24, 2.45) is 0 Å². The maximum absolute atomic E-state index is 12.3. The molecule has 2 atom stereocenters. The number of urea groups is 1. The van der Waals surface area contributed by atoms with E-state index in [2.05, 4.69) is 22.8 Å². The maximum Gasteiger partial charge on any atom is 0.315 e. The second-order valence-corrected chi connectivity index (χ2v) is 5.43. The number of benzene rings is 1. The molecule has 21 heavy (non-hydrogen) atoms. The molecule has 0 spiro atoms. The van der Waals surface area contributed by atoms with Gasteiger partial charge in [-0.1, -0.05) is 24.3 Å². The molecule has 112 valence electrons. The zero-order valence-electron chi connectivity index (χ0n) is 12.0. The molecule has 0 unspecified atom stereocenters. The summed E-state index contributed by atoms with van der Waals surface area (Å²) in [6, 6.07) is 7.39. The number of nitrogens with zero attached hydrogens (tertiary/aromatic N) is 1. The first-order valence-electron chi connectivity index (χ1n) is 7.14. The number of nitrogens with one attached hydrogen (secondary N) is 2. The van der Waals surface area contributed by atoms with E-state index < -0.39 is 6.04 Å². The van der Waals surface area contributed by atoms with Crippen LogP contribution in [0.2, 0.25) is 0 Å². The third kappa shape index (κ3) is 2.85. The molecule has 1 fully saturated rings. The number of hydrogen-bond acceptors (Lipinski definition) is 3. The molecule has 1 saturated heterocycles. The van der Waals surface area contributed by atoms with Crippen molar-refractivity contribution >= 4 is 11.9 Å². The van der Waals surface area contributed by atoms with Gasteiger partial charge in [0.1, 0.15) is 12.1 Å². The van der Waals surface area contributed by atoms with Crippen molar-refractivity contribution in [2.75, 3.05) is 26.7 Å². The number of fused-ring (bicyclic) bond motifs is 1. The van der Waals surface area contributed by atoms with E-state index >= 15 is 0 Å². The van der Waals surface area contributed by atoms with Crippen molar-refractivity contribution in [3.63, 3.8) is 0 Å². The van der Waals surface area contributed by atoms with Gasteiger partial charge in [0.2, 0.25) is 5.91 Å². The zero-order chi connectivity index (χ0) is 14.8. The van der Waals surface area contributed by atoms with E-state index in [0.29, 0.717) is 19.7 Å². The number of hydrogen-bond donors (Lipinski definition) is 2. The first kappa shape index (κ1) is 13.9. The molecule has 2 aliphatic heterocycles. The van der Waals surface area contributed by atoms with Crippen LogP contribution in [0.1, 0.15) is 17.2 Å². The minimum Gasteiger partial charge on any atom is -0.371 e. The Morgan fingerprint density at radius 2 is 2.24 bits per heavy atom. The highest BCUT2D eigenvalue weighted by Crippen LogP contribution is 2.27. The predicted molar refractivity (Wildman–Crippen MR) is 76.8 cm³/mol. The van der Waals surface area contributed by atoms with E-state index in [1.54, 1.807) is 11.9 Å². The molecule has 1 aromatic carbocycles. The van der Waals surface area contributed by atoms with Crippen LogP contribution in [0, 0.1) is 0 Å². The third-order valence-electron chi connectivity index (χ3n) is 3.98. The van der Waals surface area contributed by atoms with Gasteiger partial charge >= 0.3 is 6.03 Å². The largest absolute Gasteiger partial charge is 0.371 e. The quantitative estimate of drug-likeness (QED) is 0.848. The molecule has 6 heteroatoms. The Hall–Kier alpha value is -2.08. The van der Waals surface area contributed by atoms with Crippen molar-refractivity contribution < 1.29 is 14.3 Å². The molecule has 3 rings (SSSR count). The molecule has 2 heterocycles. The van der Waals surface area contributed by atoms with Gasteiger partial charge in [-0.3, -0.25) is 4.79 Å². The van der Waals surface area contributed by atoms with Crippen molar-refractivity contribution in [2.45, 2.75) is 18.6 Å². The van der Waals surface area contributed by atoms with E-state index in [4.69, 9.17) is 4.74 Å². The summed E-state index contributed by atoms with van der Waals surface area (Å²) in [5.74, 6) is -0.0972. The lowest BCUT2D eigenvalue weighted by molar-refractivity contribution is -0.133. The van der Waals surface area contributed by atoms with Crippen molar-refractivity contribution in [3.05, 3.63) is 35.4 Å². The van der Waals surface area contributed by atoms with Gasteiger partial charge in [-0.2, -0.15) is 0 Å². The maximum atomic E-state index is 12.3. The molecular weight excluding hydrogens is 270 g/mol. The fraction of sp³-hybridized carbons (Fsp3) is 0.467. The van der Waals surface area contributed by atoms with Crippen LogP contribution < -0.4 is 10.6 Å². The van der Waals surface area contributed by atoms with Gasteiger partial charge in [-0.05, 0) is 17.5 Å². The first-order chi connectivity index (χ1) is 10.1. The monoisotopic (exact) mass is 289 g/mol. The average molecular weight is 289 g/mol. The first-order valence-corrected chi connectivity index (χ1v) is 7.14. The summed E-state index contributed by atoms with van der Waals surface area (Å²) in [6.07, 6.45) is 0.807. The van der Waals surface area contributed by atoms with Crippen LogP contribution in [-0.2, 0) is 16.0 Å². The standard InChI is InChI=1S/C15H19N3O3/c1-18(14(19)12-8-16-15(20)17-12)9-13-11-5-3-2-4-10(11)6-7-21-13/h2-5,12-13H,6-9H2,1H3,(H2,16,17,20)/t12-,13-/m1/s1. The van der Waals surface area contributed by atoms with Gasteiger partial charge in [0.25, 0.3) is 0 Å². The summed E-state index contributed by atoms with van der Waals surface area (Å²) in [5, 5.41) is 5.20. The molecule has 0 aliphatic carbocycles. The lowest BCUT2D eigenvalue weighted by atomic mass is 9.97. The summed E-state index contributed by atoms with van der Waals surface area (Å²) in [6.45, 7) is 1.50. The van der Waals surface area contributed by atoms with Gasteiger partial charge in [-0.25, -0.2) is 4.79 Å². The highest BCUT2D eigenvalue weighted by atomic mass is 16.5. The Balaban J connectivity index is 1.67. The normalized spacial score (nSPS) is 24.0. The second-order valence-electron chi connectivity index (χ2n) is 5.43. The highest BCUT2D eigenvalue weighted by Gasteiger charge is 2.31. The van der Waals surface area contributed by atoms with E-state index in [-0.39, 0.29) is 18.0 Å². The fourth-order valence-corrected chi connectivity index (χ4v) is 2.84. The van der Waals surface area contributed by atoms with Crippen LogP contribution in [0.3, 0.4) is 0 Å². The minimum atomic E-state index is -0.485. The van der Waals surface area contributed by atoms with Crippen LogP contribution >= 0.6 is 0 Å². The van der Waals surface area contributed by atoms with Gasteiger partial charge < -0.3 is 20.3 Å². The highest BCUT2D eigenvalue weighted by molar-refractivity contribution is 5.90. The fourth-order valence-electron chi connectivity index (χ4n) is 2.84. The van der Waals surface area contributed by atoms with Gasteiger partial charge in [-0.15, -0.1) is 0 Å². The molecule has 3 amide bonds. The van der Waals surface area contributed by atoms with Crippen molar-refractivity contribution in [1.82, 2.24) is 15.5 Å². The number of amides is 3. The van der Waals surface area contributed by atoms with Gasteiger partial charge in [0.05, 0.1) is 13.2 Å². The number of carbonyl (C=O) groups excluding carboxylic acids is 2. The van der Waals surface area contributed by atoms with Crippen molar-refractivity contribution in [3.8, 4) is 0 Å². The molecule has 6 nitrogen and oxygen atoms in total. The predicted octanol–water partition coefficient (Wildman–Crippen LogP) is 0.440. The third-order valence-corrected chi connectivity index (χ3v) is 3.98.